The van der Waals surface area contributed by atoms with Gasteiger partial charge in [-0.2, -0.15) is 0 Å². The van der Waals surface area contributed by atoms with Gasteiger partial charge >= 0.3 is 5.97 Å². The number of piperidine rings is 1. The second kappa shape index (κ2) is 13.5. The molecule has 1 aliphatic rings. The molecule has 0 bridgehead atoms. The lowest BCUT2D eigenvalue weighted by atomic mass is 10.0. The molecule has 2 atom stereocenters. The summed E-state index contributed by atoms with van der Waals surface area (Å²) >= 11 is 5.94. The number of likely N-dealkylation sites (N-methyl/N-ethyl adjacent to an activating group) is 1. The number of ether oxygens (including phenoxy) is 2. The maximum absolute atomic E-state index is 12.6. The number of carbonyl (C=O) groups excluding carboxylic acids is 2. The third kappa shape index (κ3) is 8.96. The number of halogens is 1. The van der Waals surface area contributed by atoms with Gasteiger partial charge in [0.05, 0.1) is 17.2 Å². The maximum Gasteiger partial charge on any atom is 0.305 e. The van der Waals surface area contributed by atoms with E-state index in [1.54, 1.807) is 7.11 Å². The number of H-pyrrole nitrogens is 1. The number of nitrogens with two attached hydrogens (primary N) is 1. The quantitative estimate of drug-likeness (QED) is 0.296. The Morgan fingerprint density at radius 3 is 2.79 bits per heavy atom. The van der Waals surface area contributed by atoms with Crippen LogP contribution in [0.5, 0.6) is 0 Å². The third-order valence-electron chi connectivity index (χ3n) is 5.69. The van der Waals surface area contributed by atoms with E-state index in [0.717, 1.165) is 38.9 Å². The molecule has 0 aliphatic carbocycles. The second-order valence-corrected chi connectivity index (χ2v) is 8.96. The first-order valence-corrected chi connectivity index (χ1v) is 11.6. The molecule has 2 heterocycles. The Kier molecular flexibility index (Phi) is 11.1. The van der Waals surface area contributed by atoms with Gasteiger partial charge in [-0.3, -0.25) is 14.4 Å². The van der Waals surface area contributed by atoms with E-state index in [9.17, 15) is 14.4 Å². The van der Waals surface area contributed by atoms with Crippen LogP contribution in [0.4, 0.5) is 5.82 Å². The van der Waals surface area contributed by atoms with Gasteiger partial charge in [-0.15, -0.1) is 0 Å². The summed E-state index contributed by atoms with van der Waals surface area (Å²) in [6, 6.07) is 1.06. The standard InChI is InChI=1S/C22H36ClN5O5/c1-27(2)11-12-33-19(29)7-5-4-6-9-28-10-8-17(18(14-28)32-3)25-21(30)15-13-16(23)20(24)26-22(15)31/h13,17-18H,4-12,14H2,1-3H3,(H,25,30)(H3,24,26,31)/t17-,18+/m1/s1. The van der Waals surface area contributed by atoms with Crippen molar-refractivity contribution in [2.45, 2.75) is 44.2 Å². The Balaban J connectivity index is 1.71. The first kappa shape index (κ1) is 27.1. The van der Waals surface area contributed by atoms with Gasteiger partial charge in [-0.1, -0.05) is 18.0 Å². The zero-order valence-corrected chi connectivity index (χ0v) is 20.5. The lowest BCUT2D eigenvalue weighted by Gasteiger charge is -2.38. The number of hydrogen-bond donors (Lipinski definition) is 3. The number of nitrogen functional groups attached to an aromatic ring is 1. The van der Waals surface area contributed by atoms with Crippen LogP contribution < -0.4 is 16.6 Å². The van der Waals surface area contributed by atoms with Crippen molar-refractivity contribution in [1.82, 2.24) is 20.1 Å². The Labute approximate surface area is 199 Å². The van der Waals surface area contributed by atoms with E-state index in [4.69, 9.17) is 26.8 Å². The highest BCUT2D eigenvalue weighted by molar-refractivity contribution is 6.33. The fourth-order valence-electron chi connectivity index (χ4n) is 3.72. The minimum absolute atomic E-state index is 0.0301. The summed E-state index contributed by atoms with van der Waals surface area (Å²) in [6.45, 7) is 3.52. The topological polar surface area (TPSA) is 130 Å². The number of amides is 1. The number of methoxy groups -OCH3 is 1. The minimum atomic E-state index is -0.581. The molecule has 4 N–H and O–H groups in total. The molecule has 11 heteroatoms. The summed E-state index contributed by atoms with van der Waals surface area (Å²) < 4.78 is 10.8. The third-order valence-corrected chi connectivity index (χ3v) is 6.00. The van der Waals surface area contributed by atoms with Crippen LogP contribution in [0.15, 0.2) is 10.9 Å². The van der Waals surface area contributed by atoms with Crippen molar-refractivity contribution in [2.75, 3.05) is 59.7 Å². The van der Waals surface area contributed by atoms with Gasteiger partial charge in [0.1, 0.15) is 18.0 Å². The highest BCUT2D eigenvalue weighted by Gasteiger charge is 2.31. The molecule has 1 aliphatic heterocycles. The fraction of sp³-hybridized carbons (Fsp3) is 0.682. The number of hydrogen-bond acceptors (Lipinski definition) is 8. The number of nitrogens with zero attached hydrogens (tertiary/aromatic N) is 2. The van der Waals surface area contributed by atoms with Crippen molar-refractivity contribution in [2.24, 2.45) is 0 Å². The second-order valence-electron chi connectivity index (χ2n) is 8.55. The number of pyridine rings is 1. The minimum Gasteiger partial charge on any atom is -0.464 e. The van der Waals surface area contributed by atoms with Gasteiger partial charge in [0.25, 0.3) is 11.5 Å². The number of rotatable bonds is 12. The smallest absolute Gasteiger partial charge is 0.305 e. The van der Waals surface area contributed by atoms with Crippen LogP contribution in [0, 0.1) is 0 Å². The number of aromatic nitrogens is 1. The SMILES string of the molecule is CO[C@H]1CN(CCCCCC(=O)OCCN(C)C)CC[C@H]1NC(=O)c1cc(Cl)c(N)[nH]c1=O. The maximum atomic E-state index is 12.6. The first-order chi connectivity index (χ1) is 15.7. The molecule has 1 aromatic rings. The molecule has 33 heavy (non-hydrogen) atoms. The highest BCUT2D eigenvalue weighted by atomic mass is 35.5. The Bertz CT molecular complexity index is 847. The summed E-state index contributed by atoms with van der Waals surface area (Å²) in [5.41, 5.74) is 4.91. The molecule has 186 valence electrons. The van der Waals surface area contributed by atoms with E-state index in [1.165, 1.54) is 6.07 Å². The Hall–Kier alpha value is -2.14. The van der Waals surface area contributed by atoms with Gasteiger partial charge in [0.2, 0.25) is 0 Å². The molecule has 1 aromatic heterocycles. The number of unbranched alkanes of at least 4 members (excludes halogenated alkanes) is 2. The highest BCUT2D eigenvalue weighted by Crippen LogP contribution is 2.17. The van der Waals surface area contributed by atoms with E-state index in [1.807, 2.05) is 19.0 Å². The summed E-state index contributed by atoms with van der Waals surface area (Å²) in [5, 5.41) is 3.02. The predicted molar refractivity (Wildman–Crippen MR) is 128 cm³/mol. The number of likely N-dealkylation sites (tertiary alicyclic amines) is 1. The van der Waals surface area contributed by atoms with Crippen LogP contribution in [-0.4, -0.2) is 92.8 Å². The molecular weight excluding hydrogens is 450 g/mol. The number of esters is 1. The molecule has 1 fully saturated rings. The normalized spacial score (nSPS) is 18.9. The van der Waals surface area contributed by atoms with Crippen LogP contribution in [0.3, 0.4) is 0 Å². The zero-order chi connectivity index (χ0) is 24.4. The summed E-state index contributed by atoms with van der Waals surface area (Å²) in [4.78, 5) is 43.0. The van der Waals surface area contributed by atoms with E-state index in [0.29, 0.717) is 26.0 Å². The van der Waals surface area contributed by atoms with E-state index in [2.05, 4.69) is 15.2 Å². The van der Waals surface area contributed by atoms with E-state index >= 15 is 0 Å². The lowest BCUT2D eigenvalue weighted by Crippen LogP contribution is -2.55. The van der Waals surface area contributed by atoms with E-state index < -0.39 is 11.5 Å². The van der Waals surface area contributed by atoms with Crippen LogP contribution >= 0.6 is 11.6 Å². The van der Waals surface area contributed by atoms with Crippen LogP contribution in [0.1, 0.15) is 42.5 Å². The number of carbonyl (C=O) groups is 2. The van der Waals surface area contributed by atoms with Gasteiger partial charge in [0, 0.05) is 33.2 Å². The summed E-state index contributed by atoms with van der Waals surface area (Å²) in [6.07, 6.45) is 3.66. The fourth-order valence-corrected chi connectivity index (χ4v) is 3.87. The first-order valence-electron chi connectivity index (χ1n) is 11.3. The number of anilines is 1. The van der Waals surface area contributed by atoms with Crippen LogP contribution in [0.25, 0.3) is 0 Å². The lowest BCUT2D eigenvalue weighted by molar-refractivity contribution is -0.144. The predicted octanol–water partition coefficient (Wildman–Crippen LogP) is 1.09. The monoisotopic (exact) mass is 485 g/mol. The molecular formula is C22H36ClN5O5. The summed E-state index contributed by atoms with van der Waals surface area (Å²) in [7, 11) is 5.49. The van der Waals surface area contributed by atoms with E-state index in [-0.39, 0.29) is 34.5 Å². The average molecular weight is 486 g/mol. The average Bonchev–Trinajstić information content (AvgIpc) is 2.76. The van der Waals surface area contributed by atoms with Gasteiger partial charge in [-0.05, 0) is 46.0 Å². The zero-order valence-electron chi connectivity index (χ0n) is 19.7. The van der Waals surface area contributed by atoms with Crippen LogP contribution in [-0.2, 0) is 14.3 Å². The number of aromatic amines is 1. The number of nitrogens with one attached hydrogen (secondary N) is 2. The molecule has 0 aromatic carbocycles. The van der Waals surface area contributed by atoms with Crippen molar-refractivity contribution < 1.29 is 19.1 Å². The summed E-state index contributed by atoms with van der Waals surface area (Å²) in [5.74, 6) is -0.618. The molecule has 1 saturated heterocycles. The molecule has 10 nitrogen and oxygen atoms in total. The molecule has 0 unspecified atom stereocenters. The molecule has 2 rings (SSSR count). The van der Waals surface area contributed by atoms with Crippen LogP contribution in [0.2, 0.25) is 5.02 Å². The molecule has 0 radical (unpaired) electrons. The van der Waals surface area contributed by atoms with Crippen molar-refractivity contribution in [3.63, 3.8) is 0 Å². The van der Waals surface area contributed by atoms with Crippen molar-refractivity contribution in [1.29, 1.82) is 0 Å². The van der Waals surface area contributed by atoms with Crippen molar-refractivity contribution in [3.05, 3.63) is 27.0 Å². The largest absolute Gasteiger partial charge is 0.464 e. The van der Waals surface area contributed by atoms with Gasteiger partial charge in [-0.25, -0.2) is 0 Å². The Morgan fingerprint density at radius 2 is 2.09 bits per heavy atom. The molecule has 0 saturated carbocycles. The van der Waals surface area contributed by atoms with Gasteiger partial charge < -0.3 is 35.3 Å². The molecule has 0 spiro atoms. The molecule has 1 amide bonds. The Morgan fingerprint density at radius 1 is 1.33 bits per heavy atom. The van der Waals surface area contributed by atoms with Crippen molar-refractivity contribution >= 4 is 29.3 Å². The van der Waals surface area contributed by atoms with Crippen molar-refractivity contribution in [3.8, 4) is 0 Å². The van der Waals surface area contributed by atoms with Gasteiger partial charge in [0.15, 0.2) is 0 Å².